The Morgan fingerprint density at radius 2 is 1.81 bits per heavy atom. The number of carbonyl (C=O) groups is 1. The fourth-order valence-electron chi connectivity index (χ4n) is 5.32. The van der Waals surface area contributed by atoms with Gasteiger partial charge >= 0.3 is 0 Å². The molecular formula is C32H41N7O3. The van der Waals surface area contributed by atoms with Crippen molar-refractivity contribution in [2.75, 3.05) is 58.0 Å². The van der Waals surface area contributed by atoms with Crippen LogP contribution in [0.15, 0.2) is 48.7 Å². The molecule has 2 aromatic carbocycles. The van der Waals surface area contributed by atoms with Gasteiger partial charge in [-0.1, -0.05) is 39.0 Å². The molecule has 1 amide bonds. The molecule has 0 atom stereocenters. The van der Waals surface area contributed by atoms with Crippen molar-refractivity contribution in [2.45, 2.75) is 32.7 Å². The Hall–Kier alpha value is -4.15. The topological polar surface area (TPSA) is 96.8 Å². The molecule has 1 saturated heterocycles. The number of aromatic nitrogens is 3. The molecule has 1 aliphatic heterocycles. The van der Waals surface area contributed by atoms with Crippen molar-refractivity contribution in [3.05, 3.63) is 65.5 Å². The highest BCUT2D eigenvalue weighted by Gasteiger charge is 2.24. The second kappa shape index (κ2) is 12.0. The number of fused-ring (bicyclic) bond motifs is 1. The summed E-state index contributed by atoms with van der Waals surface area (Å²) in [6.07, 6.45) is 1.63. The zero-order chi connectivity index (χ0) is 30.0. The largest absolute Gasteiger partial charge is 0.494 e. The van der Waals surface area contributed by atoms with Crippen LogP contribution in [0.5, 0.6) is 17.4 Å². The van der Waals surface area contributed by atoms with Gasteiger partial charge in [-0.05, 0) is 36.2 Å². The normalized spacial score (nSPS) is 14.6. The number of nitrogens with one attached hydrogen (secondary N) is 2. The van der Waals surface area contributed by atoms with Gasteiger partial charge in [-0.25, -0.2) is 4.98 Å². The molecule has 0 unspecified atom stereocenters. The highest BCUT2D eigenvalue weighted by atomic mass is 16.5. The van der Waals surface area contributed by atoms with Gasteiger partial charge in [0.15, 0.2) is 5.75 Å². The maximum Gasteiger partial charge on any atom is 0.272 e. The van der Waals surface area contributed by atoms with Gasteiger partial charge in [-0.3, -0.25) is 9.69 Å². The van der Waals surface area contributed by atoms with Crippen LogP contribution < -0.4 is 20.1 Å². The van der Waals surface area contributed by atoms with E-state index >= 15 is 0 Å². The average Bonchev–Trinajstić information content (AvgIpc) is 3.31. The van der Waals surface area contributed by atoms with Gasteiger partial charge in [0.2, 0.25) is 11.8 Å². The third-order valence-corrected chi connectivity index (χ3v) is 7.79. The van der Waals surface area contributed by atoms with E-state index in [0.29, 0.717) is 34.7 Å². The van der Waals surface area contributed by atoms with Crippen molar-refractivity contribution in [1.82, 2.24) is 24.3 Å². The van der Waals surface area contributed by atoms with Crippen molar-refractivity contribution >= 4 is 28.4 Å². The van der Waals surface area contributed by atoms with Crippen LogP contribution in [-0.2, 0) is 19.0 Å². The highest BCUT2D eigenvalue weighted by Crippen LogP contribution is 2.37. The predicted octanol–water partition coefficient (Wildman–Crippen LogP) is 5.11. The second-order valence-electron chi connectivity index (χ2n) is 11.9. The summed E-state index contributed by atoms with van der Waals surface area (Å²) in [5.41, 5.74) is 4.07. The Morgan fingerprint density at radius 3 is 2.50 bits per heavy atom. The van der Waals surface area contributed by atoms with Crippen LogP contribution in [0, 0.1) is 0 Å². The molecule has 42 heavy (non-hydrogen) atoms. The maximum absolute atomic E-state index is 13.9. The molecule has 3 heterocycles. The smallest absolute Gasteiger partial charge is 0.272 e. The van der Waals surface area contributed by atoms with Crippen LogP contribution in [0.4, 0.5) is 11.6 Å². The van der Waals surface area contributed by atoms with Gasteiger partial charge in [-0.2, -0.15) is 4.98 Å². The van der Waals surface area contributed by atoms with Crippen molar-refractivity contribution in [2.24, 2.45) is 7.05 Å². The first-order valence-corrected chi connectivity index (χ1v) is 14.3. The van der Waals surface area contributed by atoms with Gasteiger partial charge in [0, 0.05) is 70.0 Å². The number of methoxy groups -OCH3 is 1. The lowest BCUT2D eigenvalue weighted by Crippen LogP contribution is -2.44. The predicted molar refractivity (Wildman–Crippen MR) is 167 cm³/mol. The lowest BCUT2D eigenvalue weighted by molar-refractivity contribution is 0.101. The Balaban J connectivity index is 1.48. The Morgan fingerprint density at radius 1 is 1.05 bits per heavy atom. The number of piperazine rings is 1. The van der Waals surface area contributed by atoms with Gasteiger partial charge in [0.1, 0.15) is 11.4 Å². The Kier molecular flexibility index (Phi) is 8.38. The third kappa shape index (κ3) is 6.19. The quantitative estimate of drug-likeness (QED) is 0.301. The minimum absolute atomic E-state index is 0.108. The first-order chi connectivity index (χ1) is 20.1. The molecular weight excluding hydrogens is 530 g/mol. The van der Waals surface area contributed by atoms with Crippen molar-refractivity contribution in [3.63, 3.8) is 0 Å². The molecule has 10 nitrogen and oxygen atoms in total. The van der Waals surface area contributed by atoms with Gasteiger partial charge < -0.3 is 29.6 Å². The van der Waals surface area contributed by atoms with E-state index in [1.165, 1.54) is 0 Å². The number of ether oxygens (including phenoxy) is 2. The first-order valence-electron chi connectivity index (χ1n) is 14.3. The van der Waals surface area contributed by atoms with E-state index in [9.17, 15) is 4.79 Å². The second-order valence-corrected chi connectivity index (χ2v) is 11.9. The molecule has 0 aliphatic carbocycles. The summed E-state index contributed by atoms with van der Waals surface area (Å²) in [5, 5.41) is 6.98. The Labute approximate surface area is 247 Å². The van der Waals surface area contributed by atoms with Crippen LogP contribution >= 0.6 is 0 Å². The first kappa shape index (κ1) is 29.3. The lowest BCUT2D eigenvalue weighted by Gasteiger charge is -2.33. The van der Waals surface area contributed by atoms with E-state index in [4.69, 9.17) is 9.47 Å². The fourth-order valence-corrected chi connectivity index (χ4v) is 5.32. The molecule has 0 bridgehead atoms. The molecule has 5 rings (SSSR count). The van der Waals surface area contributed by atoms with Crippen LogP contribution in [0.1, 0.15) is 42.4 Å². The minimum Gasteiger partial charge on any atom is -0.494 e. The summed E-state index contributed by atoms with van der Waals surface area (Å²) in [6, 6.07) is 13.6. The van der Waals surface area contributed by atoms with Crippen LogP contribution in [-0.4, -0.2) is 77.6 Å². The summed E-state index contributed by atoms with van der Waals surface area (Å²) >= 11 is 0. The Bertz CT molecular complexity index is 1580. The molecule has 10 heteroatoms. The molecule has 2 N–H and O–H groups in total. The van der Waals surface area contributed by atoms with Crippen molar-refractivity contribution < 1.29 is 14.3 Å². The maximum atomic E-state index is 13.9. The van der Waals surface area contributed by atoms with Gasteiger partial charge in [0.05, 0.1) is 18.3 Å². The van der Waals surface area contributed by atoms with Gasteiger partial charge in [0.25, 0.3) is 5.91 Å². The fraction of sp³-hybridized carbons (Fsp3) is 0.406. The van der Waals surface area contributed by atoms with E-state index in [1.807, 2.05) is 41.9 Å². The van der Waals surface area contributed by atoms with E-state index in [0.717, 1.165) is 54.8 Å². The van der Waals surface area contributed by atoms with Crippen molar-refractivity contribution in [1.29, 1.82) is 0 Å². The van der Waals surface area contributed by atoms with Crippen LogP contribution in [0.2, 0.25) is 0 Å². The monoisotopic (exact) mass is 571 g/mol. The molecule has 0 radical (unpaired) electrons. The zero-order valence-corrected chi connectivity index (χ0v) is 25.6. The number of para-hydroxylation sites is 1. The number of rotatable bonds is 8. The summed E-state index contributed by atoms with van der Waals surface area (Å²) in [5.74, 6) is 1.93. The molecule has 4 aromatic rings. The van der Waals surface area contributed by atoms with E-state index in [-0.39, 0.29) is 11.3 Å². The standard InChI is InChI=1S/C32H41N7O3/c1-32(2,3)23-17-22(20-39-15-13-37(5)14-16-39)29(41-7)24(19-23)35-30(40)25-18-21-9-8-10-26(28(21)38(25)6)42-27-11-12-34-31(33-4)36-27/h8-12,17-19H,13-16,20H2,1-7H3,(H,35,40)(H,33,34,36). The third-order valence-electron chi connectivity index (χ3n) is 7.79. The van der Waals surface area contributed by atoms with E-state index in [2.05, 4.69) is 64.3 Å². The molecule has 2 aromatic heterocycles. The van der Waals surface area contributed by atoms with Gasteiger partial charge in [-0.15, -0.1) is 0 Å². The SMILES string of the molecule is CNc1nccc(Oc2cccc3cc(C(=O)Nc4cc(C(C)(C)C)cc(CN5CCN(C)CC5)c4OC)n(C)c23)n1. The molecule has 1 aliphatic rings. The van der Waals surface area contributed by atoms with Crippen LogP contribution in [0.3, 0.4) is 0 Å². The minimum atomic E-state index is -0.228. The van der Waals surface area contributed by atoms with E-state index < -0.39 is 0 Å². The summed E-state index contributed by atoms with van der Waals surface area (Å²) in [7, 11) is 7.44. The summed E-state index contributed by atoms with van der Waals surface area (Å²) in [4.78, 5) is 27.2. The number of nitrogens with zero attached hydrogens (tertiary/aromatic N) is 5. The molecule has 222 valence electrons. The number of hydrogen-bond donors (Lipinski definition) is 2. The lowest BCUT2D eigenvalue weighted by atomic mass is 9.85. The summed E-state index contributed by atoms with van der Waals surface area (Å²) < 4.78 is 13.9. The van der Waals surface area contributed by atoms with Crippen LogP contribution in [0.25, 0.3) is 10.9 Å². The zero-order valence-electron chi connectivity index (χ0n) is 25.6. The highest BCUT2D eigenvalue weighted by molar-refractivity contribution is 6.07. The average molecular weight is 572 g/mol. The number of benzene rings is 2. The number of amides is 1. The number of carbonyl (C=O) groups excluding carboxylic acids is 1. The summed E-state index contributed by atoms with van der Waals surface area (Å²) in [6.45, 7) is 11.4. The number of likely N-dealkylation sites (N-methyl/N-ethyl adjacent to an activating group) is 1. The number of anilines is 2. The molecule has 1 fully saturated rings. The van der Waals surface area contributed by atoms with E-state index in [1.54, 1.807) is 26.4 Å². The molecule has 0 saturated carbocycles. The number of aryl methyl sites for hydroxylation is 1. The van der Waals surface area contributed by atoms with Crippen molar-refractivity contribution in [3.8, 4) is 17.4 Å². The molecule has 0 spiro atoms. The number of hydrogen-bond acceptors (Lipinski definition) is 8.